The Bertz CT molecular complexity index is 147. The van der Waals surface area contributed by atoms with E-state index >= 15 is 0 Å². The van der Waals surface area contributed by atoms with Crippen molar-refractivity contribution in [3.63, 3.8) is 0 Å². The smallest absolute Gasteiger partial charge is 0.428 e. The van der Waals surface area contributed by atoms with Gasteiger partial charge in [0, 0.05) is 0 Å². The normalized spacial score (nSPS) is 8.25. The van der Waals surface area contributed by atoms with Crippen LogP contribution in [-0.4, -0.2) is 15.0 Å². The Balaban J connectivity index is 0.000000490. The molecule has 1 aromatic heterocycles. The Morgan fingerprint density at radius 3 is 2.50 bits per heavy atom. The van der Waals surface area contributed by atoms with Gasteiger partial charge in [0.2, 0.25) is 0 Å². The van der Waals surface area contributed by atoms with Crippen molar-refractivity contribution < 1.29 is 18.9 Å². The first-order valence-corrected chi connectivity index (χ1v) is 2.53. The molecule has 0 aliphatic heterocycles. The monoisotopic (exact) mass is 167 g/mol. The molecule has 5 heteroatoms. The van der Waals surface area contributed by atoms with E-state index in [0.29, 0.717) is 4.60 Å². The zero-order valence-corrected chi connectivity index (χ0v) is 6.31. The zero-order valence-electron chi connectivity index (χ0n) is 4.72. The molecule has 1 heterocycles. The average molecular weight is 168 g/mol. The quantitative estimate of drug-likeness (QED) is 0.313. The van der Waals surface area contributed by atoms with Crippen LogP contribution in [0, 0.1) is 6.20 Å². The predicted octanol–water partition coefficient (Wildman–Crippen LogP) is -2.62. The summed E-state index contributed by atoms with van der Waals surface area (Å²) in [5.41, 5.74) is 0. The summed E-state index contributed by atoms with van der Waals surface area (Å²) in [7, 11) is 1.76. The van der Waals surface area contributed by atoms with E-state index in [1.165, 1.54) is 4.68 Å². The van der Waals surface area contributed by atoms with Gasteiger partial charge in [0.05, 0.1) is 0 Å². The molecule has 38 valence electrons. The molecule has 0 fully saturated rings. The summed E-state index contributed by atoms with van der Waals surface area (Å²) in [5.74, 6) is 0. The number of halogens is 1. The third-order valence-electron chi connectivity index (χ3n) is 0.521. The van der Waals surface area contributed by atoms with Gasteiger partial charge in [-0.3, -0.25) is 0 Å². The molecule has 3 nitrogen and oxygen atoms in total. The molecule has 0 aromatic carbocycles. The van der Waals surface area contributed by atoms with Crippen molar-refractivity contribution in [2.24, 2.45) is 7.05 Å². The molecule has 1 aromatic rings. The van der Waals surface area contributed by atoms with Gasteiger partial charge in [0.15, 0.2) is 0 Å². The summed E-state index contributed by atoms with van der Waals surface area (Å²) < 4.78 is 2.15. The summed E-state index contributed by atoms with van der Waals surface area (Å²) in [5, 5.41) is 7.17. The van der Waals surface area contributed by atoms with Gasteiger partial charge in [0.1, 0.15) is 0 Å². The van der Waals surface area contributed by atoms with Gasteiger partial charge in [-0.2, -0.15) is 5.10 Å². The van der Waals surface area contributed by atoms with Crippen LogP contribution in [0.3, 0.4) is 0 Å². The number of nitrogens with zero attached hydrogens (tertiary/aromatic N) is 3. The summed E-state index contributed by atoms with van der Waals surface area (Å²) in [4.78, 5) is 0. The van der Waals surface area contributed by atoms with Crippen molar-refractivity contribution in [2.45, 2.75) is 0 Å². The Kier molecular flexibility index (Phi) is 3.37. The van der Waals surface area contributed by atoms with Crippen LogP contribution < -0.4 is 18.9 Å². The largest absolute Gasteiger partial charge is 1.00 e. The van der Waals surface area contributed by atoms with E-state index in [0.717, 1.165) is 0 Å². The predicted molar refractivity (Wildman–Crippen MR) is 27.5 cm³/mol. The van der Waals surface area contributed by atoms with Gasteiger partial charge in [-0.25, -0.2) is 0 Å². The van der Waals surface area contributed by atoms with Crippen molar-refractivity contribution in [2.75, 3.05) is 0 Å². The van der Waals surface area contributed by atoms with E-state index < -0.39 is 0 Å². The molecule has 0 spiro atoms. The number of hydrogen-bond acceptors (Lipinski definition) is 2. The molecular weight excluding hydrogens is 165 g/mol. The number of rotatable bonds is 0. The molecule has 0 amide bonds. The molecule has 0 aliphatic carbocycles. The van der Waals surface area contributed by atoms with Gasteiger partial charge in [-0.15, -0.1) is 5.21 Å². The Morgan fingerprint density at radius 2 is 2.38 bits per heavy atom. The molecule has 1 rings (SSSR count). The van der Waals surface area contributed by atoms with Crippen molar-refractivity contribution >= 4 is 15.9 Å². The minimum atomic E-state index is 0. The van der Waals surface area contributed by atoms with Crippen LogP contribution in [-0.2, 0) is 7.05 Å². The second-order valence-corrected chi connectivity index (χ2v) is 1.87. The summed E-state index contributed by atoms with van der Waals surface area (Å²) in [6.45, 7) is 0. The van der Waals surface area contributed by atoms with E-state index in [4.69, 9.17) is 0 Å². The summed E-state index contributed by atoms with van der Waals surface area (Å²) in [6.07, 6.45) is 2.75. The molecule has 0 radical (unpaired) electrons. The van der Waals surface area contributed by atoms with Crippen LogP contribution in [0.1, 0.15) is 0 Å². The van der Waals surface area contributed by atoms with E-state index in [1.54, 1.807) is 7.05 Å². The van der Waals surface area contributed by atoms with Crippen molar-refractivity contribution in [1.82, 2.24) is 15.0 Å². The third kappa shape index (κ3) is 1.99. The molecule has 0 saturated carbocycles. The fourth-order valence-corrected chi connectivity index (χ4v) is 0.612. The summed E-state index contributed by atoms with van der Waals surface area (Å²) >= 11 is 3.08. The first kappa shape index (κ1) is 8.22. The Labute approximate surface area is 67.8 Å². The maximum Gasteiger partial charge on any atom is 1.00 e. The van der Waals surface area contributed by atoms with E-state index in [9.17, 15) is 0 Å². The molecule has 0 N–H and O–H groups in total. The molecule has 8 heavy (non-hydrogen) atoms. The first-order valence-electron chi connectivity index (χ1n) is 1.73. The van der Waals surface area contributed by atoms with E-state index in [2.05, 4.69) is 32.4 Å². The molecule has 0 bridgehead atoms. The topological polar surface area (TPSA) is 30.7 Å². The van der Waals surface area contributed by atoms with Crippen molar-refractivity contribution in [3.8, 4) is 0 Å². The van der Waals surface area contributed by atoms with Gasteiger partial charge in [-0.05, 0) is 11.7 Å². The molecule has 0 atom stereocenters. The second kappa shape index (κ2) is 3.28. The number of aromatic nitrogens is 3. The van der Waals surface area contributed by atoms with Crippen molar-refractivity contribution in [1.29, 1.82) is 0 Å². The Hall–Kier alpha value is 0.217. The molecule has 0 unspecified atom stereocenters. The van der Waals surface area contributed by atoms with Crippen LogP contribution in [0.25, 0.3) is 0 Å². The van der Waals surface area contributed by atoms with E-state index in [-0.39, 0.29) is 18.9 Å². The van der Waals surface area contributed by atoms with Crippen LogP contribution in [0.2, 0.25) is 0 Å². The maximum absolute atomic E-state index is 3.59. The average Bonchev–Trinajstić information content (AvgIpc) is 1.87. The standard InChI is InChI=1S/C3H3BrN3.Li/c1-7-2-3(4)5-6-7;/h1H3;/q-1;+1. The summed E-state index contributed by atoms with van der Waals surface area (Å²) in [6, 6.07) is 0. The first-order chi connectivity index (χ1) is 3.29. The van der Waals surface area contributed by atoms with Gasteiger partial charge < -0.3 is 10.9 Å². The minimum absolute atomic E-state index is 0. The third-order valence-corrected chi connectivity index (χ3v) is 0.857. The fourth-order valence-electron chi connectivity index (χ4n) is 0.285. The van der Waals surface area contributed by atoms with Crippen molar-refractivity contribution in [3.05, 3.63) is 10.8 Å². The minimum Gasteiger partial charge on any atom is -0.428 e. The van der Waals surface area contributed by atoms with Gasteiger partial charge in [0.25, 0.3) is 0 Å². The van der Waals surface area contributed by atoms with Crippen LogP contribution in [0.4, 0.5) is 0 Å². The van der Waals surface area contributed by atoms with Crippen LogP contribution in [0.5, 0.6) is 0 Å². The second-order valence-electron chi connectivity index (χ2n) is 1.12. The molecule has 0 aliphatic rings. The molecular formula is C3H3BrLiN3. The fraction of sp³-hybridized carbons (Fsp3) is 0.333. The SMILES string of the molecule is Cn1[c-]c(Br)nn1.[Li+]. The van der Waals surface area contributed by atoms with Gasteiger partial charge >= 0.3 is 18.9 Å². The maximum atomic E-state index is 3.59. The Morgan fingerprint density at radius 1 is 1.75 bits per heavy atom. The zero-order chi connectivity index (χ0) is 5.28. The van der Waals surface area contributed by atoms with Crippen LogP contribution >= 0.6 is 15.9 Å². The van der Waals surface area contributed by atoms with E-state index in [1.807, 2.05) is 0 Å². The number of aryl methyl sites for hydroxylation is 1. The number of hydrogen-bond donors (Lipinski definition) is 0. The van der Waals surface area contributed by atoms with Crippen LogP contribution in [0.15, 0.2) is 4.60 Å². The molecule has 0 saturated heterocycles. The van der Waals surface area contributed by atoms with Gasteiger partial charge in [-0.1, -0.05) is 15.9 Å².